The molecule has 28 heavy (non-hydrogen) atoms. The lowest BCUT2D eigenvalue weighted by atomic mass is 10.3. The number of rotatable bonds is 9. The minimum atomic E-state index is -2.98. The van der Waals surface area contributed by atoms with Crippen LogP contribution in [0, 0.1) is 0 Å². The Bertz CT molecular complexity index is 733. The maximum absolute atomic E-state index is 11.1. The van der Waals surface area contributed by atoms with E-state index >= 15 is 0 Å². The van der Waals surface area contributed by atoms with Gasteiger partial charge in [-0.25, -0.2) is 8.42 Å². The summed E-state index contributed by atoms with van der Waals surface area (Å²) in [5.74, 6) is 0.790. The fourth-order valence-electron chi connectivity index (χ4n) is 2.83. The van der Waals surface area contributed by atoms with Crippen LogP contribution in [-0.2, 0) is 14.6 Å². The summed E-state index contributed by atoms with van der Waals surface area (Å²) in [5.41, 5.74) is 1.13. The van der Waals surface area contributed by atoms with E-state index in [1.807, 2.05) is 25.1 Å². The summed E-state index contributed by atoms with van der Waals surface area (Å²) in [6.45, 7) is 5.71. The Balaban J connectivity index is 0.00000392. The molecule has 1 heterocycles. The molecule has 2 N–H and O–H groups in total. The Kier molecular flexibility index (Phi) is 11.5. The predicted molar refractivity (Wildman–Crippen MR) is 127 cm³/mol. The van der Waals surface area contributed by atoms with Gasteiger partial charge in [-0.05, 0) is 31.5 Å². The van der Waals surface area contributed by atoms with Crippen molar-refractivity contribution in [2.45, 2.75) is 19.4 Å². The van der Waals surface area contributed by atoms with Crippen molar-refractivity contribution in [2.75, 3.05) is 56.3 Å². The molecule has 1 aliphatic rings. The third-order valence-corrected chi connectivity index (χ3v) is 5.29. The highest BCUT2D eigenvalue weighted by molar-refractivity contribution is 14.0. The first-order valence-corrected chi connectivity index (χ1v) is 11.6. The molecule has 1 atom stereocenters. The van der Waals surface area contributed by atoms with Gasteiger partial charge in [-0.1, -0.05) is 17.7 Å². The number of hydrogen-bond acceptors (Lipinski definition) is 5. The molecule has 7 nitrogen and oxygen atoms in total. The van der Waals surface area contributed by atoms with Crippen molar-refractivity contribution in [1.29, 1.82) is 0 Å². The Morgan fingerprint density at radius 2 is 2.18 bits per heavy atom. The molecule has 0 amide bonds. The van der Waals surface area contributed by atoms with Crippen molar-refractivity contribution in [1.82, 2.24) is 10.6 Å². The van der Waals surface area contributed by atoms with E-state index < -0.39 is 9.84 Å². The smallest absolute Gasteiger partial charge is 0.191 e. The highest BCUT2D eigenvalue weighted by atomic mass is 127. The molecule has 0 saturated carbocycles. The Hall–Kier alpha value is -0.780. The number of sulfone groups is 1. The van der Waals surface area contributed by atoms with Gasteiger partial charge in [-0.2, -0.15) is 0 Å². The van der Waals surface area contributed by atoms with E-state index in [-0.39, 0.29) is 36.3 Å². The van der Waals surface area contributed by atoms with Crippen molar-refractivity contribution >= 4 is 57.1 Å². The van der Waals surface area contributed by atoms with Gasteiger partial charge < -0.3 is 20.3 Å². The molecule has 2 rings (SSSR count). The second kappa shape index (κ2) is 12.7. The molecule has 0 radical (unpaired) electrons. The van der Waals surface area contributed by atoms with E-state index in [9.17, 15) is 8.42 Å². The number of nitrogens with zero attached hydrogens (tertiary/aromatic N) is 2. The quantitative estimate of drug-likeness (QED) is 0.215. The van der Waals surface area contributed by atoms with Crippen LogP contribution in [0.3, 0.4) is 0 Å². The van der Waals surface area contributed by atoms with E-state index in [0.717, 1.165) is 42.7 Å². The Morgan fingerprint density at radius 3 is 2.86 bits per heavy atom. The first-order chi connectivity index (χ1) is 12.9. The van der Waals surface area contributed by atoms with Gasteiger partial charge in [0.2, 0.25) is 0 Å². The van der Waals surface area contributed by atoms with E-state index in [4.69, 9.17) is 16.3 Å². The van der Waals surface area contributed by atoms with E-state index in [2.05, 4.69) is 26.6 Å². The maximum atomic E-state index is 11.1. The molecule has 0 spiro atoms. The third kappa shape index (κ3) is 9.62. The number of hydrogen-bond donors (Lipinski definition) is 2. The molecule has 0 aromatic heterocycles. The first kappa shape index (κ1) is 25.3. The van der Waals surface area contributed by atoms with Crippen LogP contribution in [0.5, 0.6) is 0 Å². The normalized spacial score (nSPS) is 17.3. The molecule has 160 valence electrons. The summed E-state index contributed by atoms with van der Waals surface area (Å²) in [6, 6.07) is 8.20. The molecule has 10 heteroatoms. The lowest BCUT2D eigenvalue weighted by Gasteiger charge is -2.20. The van der Waals surface area contributed by atoms with Gasteiger partial charge in [0.15, 0.2) is 5.96 Å². The molecule has 1 fully saturated rings. The van der Waals surface area contributed by atoms with Gasteiger partial charge in [0.25, 0.3) is 0 Å². The van der Waals surface area contributed by atoms with Crippen LogP contribution in [0.4, 0.5) is 5.69 Å². The minimum absolute atomic E-state index is 0. The number of halogens is 2. The van der Waals surface area contributed by atoms with Gasteiger partial charge in [-0.3, -0.25) is 4.99 Å². The lowest BCUT2D eigenvalue weighted by molar-refractivity contribution is 0.157. The van der Waals surface area contributed by atoms with Crippen LogP contribution in [0.15, 0.2) is 29.3 Å². The second-order valence-corrected chi connectivity index (χ2v) is 9.25. The van der Waals surface area contributed by atoms with Gasteiger partial charge in [0.1, 0.15) is 9.84 Å². The zero-order valence-electron chi connectivity index (χ0n) is 16.4. The number of benzene rings is 1. The molecule has 1 unspecified atom stereocenters. The second-order valence-electron chi connectivity index (χ2n) is 6.56. The molecule has 0 bridgehead atoms. The monoisotopic (exact) mass is 544 g/mol. The average molecular weight is 545 g/mol. The fourth-order valence-corrected chi connectivity index (χ4v) is 3.44. The molecule has 1 aromatic rings. The largest absolute Gasteiger partial charge is 0.378 e. The maximum Gasteiger partial charge on any atom is 0.191 e. The van der Waals surface area contributed by atoms with Gasteiger partial charge >= 0.3 is 0 Å². The summed E-state index contributed by atoms with van der Waals surface area (Å²) >= 11 is 6.09. The number of nitrogens with one attached hydrogen (secondary N) is 2. The van der Waals surface area contributed by atoms with Crippen LogP contribution in [0.2, 0.25) is 5.02 Å². The van der Waals surface area contributed by atoms with Gasteiger partial charge in [-0.15, -0.1) is 24.0 Å². The van der Waals surface area contributed by atoms with Crippen molar-refractivity contribution in [3.8, 4) is 0 Å². The van der Waals surface area contributed by atoms with E-state index in [1.54, 1.807) is 0 Å². The standard InChI is InChI=1S/C18H29ClN4O3S.HI/c1-3-20-18(21-8-10-26-11-12-27(2,24)25)22-16-7-9-23(14-16)17-6-4-5-15(19)13-17;/h4-6,13,16H,3,7-12,14H2,1-2H3,(H2,20,21,22);1H. The predicted octanol–water partition coefficient (Wildman–Crippen LogP) is 2.15. The SMILES string of the molecule is CCNC(=NCCOCCS(C)(=O)=O)NC1CCN(c2cccc(Cl)c2)C1.I. The highest BCUT2D eigenvalue weighted by Crippen LogP contribution is 2.23. The summed E-state index contributed by atoms with van der Waals surface area (Å²) in [6.07, 6.45) is 2.22. The van der Waals surface area contributed by atoms with Crippen molar-refractivity contribution in [3.63, 3.8) is 0 Å². The number of guanidine groups is 1. The number of anilines is 1. The summed E-state index contributed by atoms with van der Waals surface area (Å²) in [5, 5.41) is 7.44. The summed E-state index contributed by atoms with van der Waals surface area (Å²) in [4.78, 5) is 6.81. The highest BCUT2D eigenvalue weighted by Gasteiger charge is 2.23. The van der Waals surface area contributed by atoms with Crippen LogP contribution in [0.1, 0.15) is 13.3 Å². The molecule has 1 saturated heterocycles. The van der Waals surface area contributed by atoms with Crippen LogP contribution < -0.4 is 15.5 Å². The van der Waals surface area contributed by atoms with Gasteiger partial charge in [0.05, 0.1) is 25.5 Å². The number of ether oxygens (including phenoxy) is 1. The average Bonchev–Trinajstić information content (AvgIpc) is 3.06. The van der Waals surface area contributed by atoms with Crippen LogP contribution >= 0.6 is 35.6 Å². The van der Waals surface area contributed by atoms with E-state index in [1.165, 1.54) is 6.26 Å². The fraction of sp³-hybridized carbons (Fsp3) is 0.611. The Morgan fingerprint density at radius 1 is 1.39 bits per heavy atom. The molecule has 1 aliphatic heterocycles. The summed E-state index contributed by atoms with van der Waals surface area (Å²) in [7, 11) is -2.98. The van der Waals surface area contributed by atoms with Crippen molar-refractivity contribution in [2.24, 2.45) is 4.99 Å². The molecular formula is C18H30ClIN4O3S. The van der Waals surface area contributed by atoms with Crippen LogP contribution in [-0.4, -0.2) is 71.8 Å². The van der Waals surface area contributed by atoms with E-state index in [0.29, 0.717) is 19.2 Å². The minimum Gasteiger partial charge on any atom is -0.378 e. The van der Waals surface area contributed by atoms with Crippen molar-refractivity contribution in [3.05, 3.63) is 29.3 Å². The summed E-state index contributed by atoms with van der Waals surface area (Å²) < 4.78 is 27.5. The number of aliphatic imine (C=N–C) groups is 1. The third-order valence-electron chi connectivity index (χ3n) is 4.15. The first-order valence-electron chi connectivity index (χ1n) is 9.18. The van der Waals surface area contributed by atoms with Crippen molar-refractivity contribution < 1.29 is 13.2 Å². The molecular weight excluding hydrogens is 515 g/mol. The zero-order chi connectivity index (χ0) is 19.7. The Labute approximate surface area is 190 Å². The molecule has 0 aliphatic carbocycles. The topological polar surface area (TPSA) is 83.0 Å². The molecule has 1 aromatic carbocycles. The van der Waals surface area contributed by atoms with Gasteiger partial charge in [0, 0.05) is 42.6 Å². The zero-order valence-corrected chi connectivity index (χ0v) is 20.3. The van der Waals surface area contributed by atoms with Crippen LogP contribution in [0.25, 0.3) is 0 Å². The lowest BCUT2D eigenvalue weighted by Crippen LogP contribution is -2.44.